The summed E-state index contributed by atoms with van der Waals surface area (Å²) in [4.78, 5) is 300. The highest BCUT2D eigenvalue weighted by molar-refractivity contribution is 6.04. The van der Waals surface area contributed by atoms with Gasteiger partial charge in [0.25, 0.3) is 0 Å². The molecule has 0 spiro atoms. The Morgan fingerprint density at radius 3 is 1.27 bits per heavy atom. The van der Waals surface area contributed by atoms with Crippen molar-refractivity contribution in [1.29, 1.82) is 0 Å². The number of likely N-dealkylation sites (tertiary alicyclic amines) is 1. The third-order valence-corrected chi connectivity index (χ3v) is 22.3. The van der Waals surface area contributed by atoms with Crippen LogP contribution in [-0.4, -0.2) is 283 Å². The zero-order valence-electron chi connectivity index (χ0n) is 82.3. The molecule has 1 aliphatic rings. The number of benzene rings is 1. The molecule has 1 aromatic carbocycles. The Kier molecular flexibility index (Phi) is 45.5. The fourth-order valence-corrected chi connectivity index (χ4v) is 13.5. The van der Waals surface area contributed by atoms with E-state index in [-0.39, 0.29) is 63.8 Å². The highest BCUT2D eigenvalue weighted by Gasteiger charge is 2.48. The summed E-state index contributed by atoms with van der Waals surface area (Å²) in [6.07, 6.45) is -1.61. The summed E-state index contributed by atoms with van der Waals surface area (Å²) in [6.45, 7) is 31.6. The molecule has 13 atom stereocenters. The van der Waals surface area contributed by atoms with Crippen molar-refractivity contribution in [3.63, 3.8) is 0 Å². The van der Waals surface area contributed by atoms with Crippen LogP contribution in [0.2, 0.25) is 0 Å². The van der Waals surface area contributed by atoms with Crippen LogP contribution in [0.1, 0.15) is 236 Å². The summed E-state index contributed by atoms with van der Waals surface area (Å²) >= 11 is 0. The van der Waals surface area contributed by atoms with Gasteiger partial charge >= 0.3 is 5.97 Å². The minimum atomic E-state index is -1.94. The number of rotatable bonds is 54. The van der Waals surface area contributed by atoms with Gasteiger partial charge in [0.15, 0.2) is 0 Å². The maximum atomic E-state index is 14.6. The van der Waals surface area contributed by atoms with Crippen LogP contribution in [0.5, 0.6) is 0 Å². The molecule has 46 heteroatoms. The van der Waals surface area contributed by atoms with Gasteiger partial charge in [-0.1, -0.05) is 78.3 Å². The van der Waals surface area contributed by atoms with Gasteiger partial charge in [0.1, 0.15) is 105 Å². The summed E-state index contributed by atoms with van der Waals surface area (Å²) in [6, 6.07) is -7.79. The van der Waals surface area contributed by atoms with Crippen molar-refractivity contribution in [1.82, 2.24) is 101 Å². The number of methoxy groups -OCH3 is 1. The van der Waals surface area contributed by atoms with Crippen LogP contribution in [0.15, 0.2) is 30.3 Å². The number of nitrogens with two attached hydrogens (primary N) is 2. The van der Waals surface area contributed by atoms with E-state index in [1.807, 2.05) is 0 Å². The van der Waals surface area contributed by atoms with Crippen LogP contribution < -0.4 is 107 Å². The lowest BCUT2D eigenvalue weighted by atomic mass is 9.94. The van der Waals surface area contributed by atoms with E-state index in [9.17, 15) is 116 Å². The summed E-state index contributed by atoms with van der Waals surface area (Å²) in [5, 5.41) is 66.0. The fraction of sp³-hybridized carbons (Fsp3) is 0.685. The van der Waals surface area contributed by atoms with Gasteiger partial charge in [-0.05, 0) is 186 Å². The number of carbonyl (C=O) groups excluding carboxylic acids is 22. The van der Waals surface area contributed by atoms with Gasteiger partial charge in [-0.15, -0.1) is 0 Å². The first kappa shape index (κ1) is 119. The van der Waals surface area contributed by atoms with Gasteiger partial charge in [0.2, 0.25) is 124 Å². The molecular formula is C89H147N21O25. The standard InChI is InChI=1S/C89H147N21O25/c1-26-47(6)64(74(126)97-55(36-39-62(116)135-25)69(121)96-54(34-37-60(90)114)68(120)95-53(43-111)42-52-31-28-27-29-32-52)102-79(131)84(13,14)107-75(127)63(46(4)5)101-73(125)59-33-30-40-110(59)82(134)89(23,24)106-72(124)57(41-45(2)3)98-70(122)58(44-112)99-66(118)49(8)94-77(129)85(15,16)108-81(133)88(21,22)105-71(123)56(35-38-61(91)115)100-78(130)86(17,18)109-80(132)87(19,20)104-67(119)50(9)92-65(117)48(7)93-76(128)83(11,12)103-51(10)113/h27-29,31-32,45-50,53-59,63-64,111-112H,26,30,33-44H2,1-25H3,(H2,90,114)(H2,91,115)(H,92,117)(H,93,128)(H,94,129)(H,95,120)(H,96,121)(H,97,126)(H,98,122)(H,99,118)(H,100,130)(H,101,125)(H,102,131)(H,103,113)(H,104,119)(H,105,123)(H,106,124)(H,107,127)(H,108,133)(H,109,132)/t47-,48-,49-,50-,53-,54-,55-,56-,57-,58-,59+,63-,64-/m0/s1. The molecule has 0 saturated carbocycles. The van der Waals surface area contributed by atoms with Crippen molar-refractivity contribution < 1.29 is 120 Å². The van der Waals surface area contributed by atoms with Crippen LogP contribution in [-0.2, 0) is 117 Å². The molecule has 24 N–H and O–H groups in total. The SMILES string of the molecule is CC[C@H](C)[C@H](NC(=O)C(C)(C)NC(=O)[C@@H](NC(=O)[C@H]1CCCN1C(=O)C(C)(C)NC(=O)[C@H](CC(C)C)NC(=O)[C@H](CO)NC(=O)[C@H](C)NC(=O)C(C)(C)NC(=O)C(C)(C)NC(=O)[C@H](CCC(N)=O)NC(=O)C(C)(C)NC(=O)C(C)(C)NC(=O)[C@H](C)NC(=O)[C@H](C)NC(=O)C(C)(C)NC(C)=O)C(C)C)C(=O)N[C@@H](CCC(=O)OC)C(=O)N[C@@H](CCC(N)=O)C(=O)N[C@H](CO)Cc1ccccc1. The number of hydrogen-bond donors (Lipinski definition) is 22. The van der Waals surface area contributed by atoms with E-state index in [4.69, 9.17) is 16.2 Å². The molecule has 0 aliphatic carbocycles. The molecule has 0 radical (unpaired) electrons. The topological polar surface area (TPSA) is 697 Å². The molecule has 46 nitrogen and oxygen atoms in total. The second kappa shape index (κ2) is 51.8. The Bertz CT molecular complexity index is 4460. The van der Waals surface area contributed by atoms with Crippen molar-refractivity contribution in [3.05, 3.63) is 35.9 Å². The fourth-order valence-electron chi connectivity index (χ4n) is 13.5. The zero-order valence-corrected chi connectivity index (χ0v) is 82.3. The van der Waals surface area contributed by atoms with Crippen LogP contribution in [0.25, 0.3) is 0 Å². The smallest absolute Gasteiger partial charge is 0.305 e. The Morgan fingerprint density at radius 2 is 0.800 bits per heavy atom. The zero-order chi connectivity index (χ0) is 104. The van der Waals surface area contributed by atoms with E-state index in [0.717, 1.165) is 12.7 Å². The van der Waals surface area contributed by atoms with Crippen molar-refractivity contribution in [3.8, 4) is 0 Å². The number of primary amides is 2. The Morgan fingerprint density at radius 1 is 0.407 bits per heavy atom. The molecule has 0 aromatic heterocycles. The lowest BCUT2D eigenvalue weighted by molar-refractivity contribution is -0.146. The molecule has 135 heavy (non-hydrogen) atoms. The Labute approximate surface area is 787 Å². The number of hydrogen-bond acceptors (Lipinski definition) is 25. The number of aliphatic hydroxyl groups is 2. The predicted molar refractivity (Wildman–Crippen MR) is 490 cm³/mol. The van der Waals surface area contributed by atoms with Gasteiger partial charge in [-0.25, -0.2) is 0 Å². The van der Waals surface area contributed by atoms with Gasteiger partial charge < -0.3 is 127 Å². The largest absolute Gasteiger partial charge is 0.469 e. The molecular weight excluding hydrogens is 1760 g/mol. The first-order valence-electron chi connectivity index (χ1n) is 44.9. The molecule has 1 fully saturated rings. The molecule has 21 amide bonds. The Hall–Kier alpha value is -12.5. The second-order valence-electron chi connectivity index (χ2n) is 38.6. The van der Waals surface area contributed by atoms with E-state index in [1.165, 1.54) is 130 Å². The maximum absolute atomic E-state index is 14.6. The van der Waals surface area contributed by atoms with Crippen molar-refractivity contribution in [2.75, 3.05) is 26.9 Å². The average Bonchev–Trinajstić information content (AvgIpc) is 1.76. The van der Waals surface area contributed by atoms with Crippen LogP contribution in [0.4, 0.5) is 0 Å². The number of amides is 21. The van der Waals surface area contributed by atoms with E-state index in [1.54, 1.807) is 71.9 Å². The van der Waals surface area contributed by atoms with Crippen LogP contribution >= 0.6 is 0 Å². The second-order valence-corrected chi connectivity index (χ2v) is 38.6. The van der Waals surface area contributed by atoms with Gasteiger partial charge in [-0.3, -0.25) is 105 Å². The molecule has 1 aromatic rings. The van der Waals surface area contributed by atoms with E-state index in [2.05, 4.69) is 95.7 Å². The minimum Gasteiger partial charge on any atom is -0.469 e. The van der Waals surface area contributed by atoms with Crippen molar-refractivity contribution >= 4 is 130 Å². The number of esters is 1. The maximum Gasteiger partial charge on any atom is 0.305 e. The lowest BCUT2D eigenvalue weighted by Gasteiger charge is -2.35. The van der Waals surface area contributed by atoms with Crippen molar-refractivity contribution in [2.24, 2.45) is 29.2 Å². The predicted octanol–water partition coefficient (Wildman–Crippen LogP) is -4.89. The molecule has 0 bridgehead atoms. The van der Waals surface area contributed by atoms with Crippen LogP contribution in [0.3, 0.4) is 0 Å². The molecule has 1 saturated heterocycles. The van der Waals surface area contributed by atoms with E-state index < -0.39 is 286 Å². The normalized spacial score (nSPS) is 15.7. The number of carbonyl (C=O) groups is 22. The third-order valence-electron chi connectivity index (χ3n) is 22.3. The van der Waals surface area contributed by atoms with Gasteiger partial charge in [-0.2, -0.15) is 0 Å². The molecule has 2 rings (SSSR count). The summed E-state index contributed by atoms with van der Waals surface area (Å²) < 4.78 is 4.79. The van der Waals surface area contributed by atoms with Gasteiger partial charge in [0, 0.05) is 32.7 Å². The summed E-state index contributed by atoms with van der Waals surface area (Å²) in [5.41, 5.74) is -0.958. The quantitative estimate of drug-likeness (QED) is 0.0272. The lowest BCUT2D eigenvalue weighted by Crippen LogP contribution is -2.67. The first-order valence-corrected chi connectivity index (χ1v) is 44.9. The highest BCUT2D eigenvalue weighted by Crippen LogP contribution is 2.25. The van der Waals surface area contributed by atoms with E-state index in [0.29, 0.717) is 0 Å². The molecule has 1 heterocycles. The summed E-state index contributed by atoms with van der Waals surface area (Å²) in [5.74, 6) is -21.0. The third kappa shape index (κ3) is 38.1. The van der Waals surface area contributed by atoms with E-state index >= 15 is 0 Å². The number of ether oxygens (including phenoxy) is 1. The summed E-state index contributed by atoms with van der Waals surface area (Å²) in [7, 11) is 1.11. The Balaban J connectivity index is 2.23. The highest BCUT2D eigenvalue weighted by atomic mass is 16.5. The molecule has 758 valence electrons. The minimum absolute atomic E-state index is 0.00498. The van der Waals surface area contributed by atoms with Gasteiger partial charge in [0.05, 0.1) is 26.4 Å². The first-order chi connectivity index (χ1) is 62.1. The van der Waals surface area contributed by atoms with Crippen LogP contribution in [0, 0.1) is 17.8 Å². The monoisotopic (exact) mass is 1910 g/mol. The average molecular weight is 1910 g/mol. The number of nitrogens with zero attached hydrogens (tertiary/aromatic N) is 1. The molecule has 0 unspecified atom stereocenters. The number of nitrogens with one attached hydrogen (secondary N) is 18. The number of aliphatic hydroxyl groups excluding tert-OH is 2. The van der Waals surface area contributed by atoms with Crippen molar-refractivity contribution in [2.45, 2.75) is 348 Å². The molecule has 1 aliphatic heterocycles.